The molecule has 0 radical (unpaired) electrons. The van der Waals surface area contributed by atoms with E-state index in [9.17, 15) is 18.3 Å². The van der Waals surface area contributed by atoms with Gasteiger partial charge in [0.2, 0.25) is 0 Å². The fourth-order valence-electron chi connectivity index (χ4n) is 1.36. The maximum atomic E-state index is 12.2. The number of hydrogen-bond donors (Lipinski definition) is 2. The molecule has 0 aromatic heterocycles. The largest absolute Gasteiger partial charge is 0.497 e. The van der Waals surface area contributed by atoms with Crippen molar-refractivity contribution in [3.05, 3.63) is 29.8 Å². The Balaban J connectivity index is 2.72. The van der Waals surface area contributed by atoms with Crippen molar-refractivity contribution in [3.63, 3.8) is 0 Å². The third kappa shape index (κ3) is 3.90. The van der Waals surface area contributed by atoms with Crippen molar-refractivity contribution in [1.29, 1.82) is 0 Å². The van der Waals surface area contributed by atoms with E-state index in [1.807, 2.05) is 0 Å². The van der Waals surface area contributed by atoms with Crippen LogP contribution >= 0.6 is 0 Å². The second-order valence-electron chi connectivity index (χ2n) is 3.68. The van der Waals surface area contributed by atoms with Crippen LogP contribution in [0.1, 0.15) is 18.1 Å². The van der Waals surface area contributed by atoms with Crippen LogP contribution in [0, 0.1) is 0 Å². The molecular weight excluding hydrogens is 235 g/mol. The number of hydrogen-bond acceptors (Lipinski definition) is 3. The molecule has 1 rings (SSSR count). The van der Waals surface area contributed by atoms with Crippen LogP contribution in [0.15, 0.2) is 24.3 Å². The molecule has 0 amide bonds. The minimum Gasteiger partial charge on any atom is -0.497 e. The molecule has 2 unspecified atom stereocenters. The summed E-state index contributed by atoms with van der Waals surface area (Å²) in [7, 11) is 1.44. The lowest BCUT2D eigenvalue weighted by Gasteiger charge is -2.19. The van der Waals surface area contributed by atoms with E-state index in [1.165, 1.54) is 19.2 Å². The molecule has 0 saturated heterocycles. The summed E-state index contributed by atoms with van der Waals surface area (Å²) in [6, 6.07) is 4.20. The van der Waals surface area contributed by atoms with Crippen LogP contribution in [0.25, 0.3) is 0 Å². The second kappa shape index (κ2) is 5.37. The number of aliphatic hydroxyl groups is 1. The van der Waals surface area contributed by atoms with Crippen LogP contribution in [-0.2, 0) is 0 Å². The molecule has 3 nitrogen and oxygen atoms in total. The van der Waals surface area contributed by atoms with E-state index in [1.54, 1.807) is 12.1 Å². The zero-order valence-corrected chi connectivity index (χ0v) is 9.24. The lowest BCUT2D eigenvalue weighted by atomic mass is 10.0. The molecule has 0 aliphatic rings. The maximum Gasteiger partial charge on any atom is 0.403 e. The van der Waals surface area contributed by atoms with Gasteiger partial charge in [-0.2, -0.15) is 13.2 Å². The van der Waals surface area contributed by atoms with E-state index in [4.69, 9.17) is 10.5 Å². The van der Waals surface area contributed by atoms with Crippen molar-refractivity contribution in [1.82, 2.24) is 0 Å². The molecule has 1 aromatic carbocycles. The molecule has 0 saturated carbocycles. The fraction of sp³-hybridized carbons (Fsp3) is 0.455. The van der Waals surface area contributed by atoms with Gasteiger partial charge in [0.15, 0.2) is 0 Å². The van der Waals surface area contributed by atoms with Crippen molar-refractivity contribution in [2.24, 2.45) is 5.73 Å². The summed E-state index contributed by atoms with van der Waals surface area (Å²) >= 11 is 0. The first-order valence-electron chi connectivity index (χ1n) is 4.99. The number of methoxy groups -OCH3 is 1. The van der Waals surface area contributed by atoms with Crippen molar-refractivity contribution >= 4 is 0 Å². The predicted molar refractivity (Wildman–Crippen MR) is 56.6 cm³/mol. The Morgan fingerprint density at radius 2 is 2.06 bits per heavy atom. The normalized spacial score (nSPS) is 15.4. The Kier molecular flexibility index (Phi) is 4.36. The number of ether oxygens (including phenoxy) is 1. The summed E-state index contributed by atoms with van der Waals surface area (Å²) in [4.78, 5) is 0. The van der Waals surface area contributed by atoms with Gasteiger partial charge in [0, 0.05) is 6.42 Å². The average molecular weight is 249 g/mol. The van der Waals surface area contributed by atoms with Crippen molar-refractivity contribution in [2.45, 2.75) is 24.7 Å². The highest BCUT2D eigenvalue weighted by Gasteiger charge is 2.37. The number of alkyl halides is 3. The smallest absolute Gasteiger partial charge is 0.403 e. The molecule has 0 fully saturated rings. The highest BCUT2D eigenvalue weighted by Crippen LogP contribution is 2.28. The minimum atomic E-state index is -4.50. The van der Waals surface area contributed by atoms with Crippen molar-refractivity contribution < 1.29 is 23.0 Å². The molecule has 96 valence electrons. The highest BCUT2D eigenvalue weighted by atomic mass is 19.4. The maximum absolute atomic E-state index is 12.2. The van der Waals surface area contributed by atoms with Crippen LogP contribution in [0.2, 0.25) is 0 Å². The van der Waals surface area contributed by atoms with Crippen molar-refractivity contribution in [3.8, 4) is 5.75 Å². The fourth-order valence-corrected chi connectivity index (χ4v) is 1.36. The van der Waals surface area contributed by atoms with Gasteiger partial charge in [-0.1, -0.05) is 12.1 Å². The van der Waals surface area contributed by atoms with Gasteiger partial charge in [0.05, 0.1) is 13.2 Å². The molecule has 0 spiro atoms. The molecule has 17 heavy (non-hydrogen) atoms. The van der Waals surface area contributed by atoms with Crippen LogP contribution in [0.4, 0.5) is 13.2 Å². The summed E-state index contributed by atoms with van der Waals surface area (Å²) in [6.45, 7) is 0. The first-order chi connectivity index (χ1) is 7.84. The van der Waals surface area contributed by atoms with Gasteiger partial charge in [0.1, 0.15) is 11.8 Å². The number of nitrogens with two attached hydrogens (primary N) is 1. The number of aliphatic hydroxyl groups excluding tert-OH is 1. The molecule has 2 atom stereocenters. The van der Waals surface area contributed by atoms with Crippen LogP contribution in [0.5, 0.6) is 5.75 Å². The third-order valence-electron chi connectivity index (χ3n) is 2.38. The number of benzene rings is 1. The van der Waals surface area contributed by atoms with E-state index < -0.39 is 24.7 Å². The lowest BCUT2D eigenvalue weighted by Crippen LogP contribution is -2.38. The van der Waals surface area contributed by atoms with Gasteiger partial charge in [-0.05, 0) is 17.7 Å². The Morgan fingerprint density at radius 1 is 1.41 bits per heavy atom. The van der Waals surface area contributed by atoms with Gasteiger partial charge < -0.3 is 15.6 Å². The zero-order valence-electron chi connectivity index (χ0n) is 9.24. The summed E-state index contributed by atoms with van der Waals surface area (Å²) in [5.41, 5.74) is 5.29. The Hall–Kier alpha value is -1.27. The summed E-state index contributed by atoms with van der Waals surface area (Å²) in [5.74, 6) is 0.474. The standard InChI is InChI=1S/C11H14F3NO2/c1-17-8-4-2-3-7(5-8)9(16)6-10(15)11(12,13)14/h2-5,9-10,16H,6,15H2,1H3. The summed E-state index contributed by atoms with van der Waals surface area (Å²) < 4.78 is 41.5. The average Bonchev–Trinajstić information content (AvgIpc) is 2.27. The van der Waals surface area contributed by atoms with E-state index in [0.29, 0.717) is 11.3 Å². The van der Waals surface area contributed by atoms with Crippen molar-refractivity contribution in [2.75, 3.05) is 7.11 Å². The second-order valence-corrected chi connectivity index (χ2v) is 3.68. The molecular formula is C11H14F3NO2. The minimum absolute atomic E-state index is 0.351. The van der Waals surface area contributed by atoms with E-state index >= 15 is 0 Å². The van der Waals surface area contributed by atoms with Gasteiger partial charge in [-0.15, -0.1) is 0 Å². The molecule has 0 aliphatic carbocycles. The first-order valence-corrected chi connectivity index (χ1v) is 4.99. The van der Waals surface area contributed by atoms with E-state index in [2.05, 4.69) is 0 Å². The zero-order chi connectivity index (χ0) is 13.1. The highest BCUT2D eigenvalue weighted by molar-refractivity contribution is 5.29. The molecule has 6 heteroatoms. The third-order valence-corrected chi connectivity index (χ3v) is 2.38. The Bertz CT molecular complexity index is 368. The molecule has 0 heterocycles. The predicted octanol–water partition coefficient (Wildman–Crippen LogP) is 2.01. The first kappa shape index (κ1) is 13.8. The van der Waals surface area contributed by atoms with Gasteiger partial charge >= 0.3 is 6.18 Å². The quantitative estimate of drug-likeness (QED) is 0.858. The van der Waals surface area contributed by atoms with Crippen LogP contribution in [-0.4, -0.2) is 24.4 Å². The monoisotopic (exact) mass is 249 g/mol. The van der Waals surface area contributed by atoms with Crippen LogP contribution in [0.3, 0.4) is 0 Å². The van der Waals surface area contributed by atoms with Crippen LogP contribution < -0.4 is 10.5 Å². The number of rotatable bonds is 4. The molecule has 0 bridgehead atoms. The van der Waals surface area contributed by atoms with Gasteiger partial charge in [-0.25, -0.2) is 0 Å². The summed E-state index contributed by atoms with van der Waals surface area (Å²) in [6.07, 6.45) is -6.34. The number of halogens is 3. The van der Waals surface area contributed by atoms with E-state index in [-0.39, 0.29) is 0 Å². The van der Waals surface area contributed by atoms with Gasteiger partial charge in [-0.3, -0.25) is 0 Å². The summed E-state index contributed by atoms with van der Waals surface area (Å²) in [5, 5.41) is 9.64. The van der Waals surface area contributed by atoms with E-state index in [0.717, 1.165) is 0 Å². The topological polar surface area (TPSA) is 55.5 Å². The Morgan fingerprint density at radius 3 is 2.59 bits per heavy atom. The Labute approximate surface area is 97.0 Å². The molecule has 1 aromatic rings. The molecule has 0 aliphatic heterocycles. The van der Waals surface area contributed by atoms with Gasteiger partial charge in [0.25, 0.3) is 0 Å². The lowest BCUT2D eigenvalue weighted by molar-refractivity contribution is -0.153. The molecule has 3 N–H and O–H groups in total. The SMILES string of the molecule is COc1cccc(C(O)CC(N)C(F)(F)F)c1.